The number of nitrogens with zero attached hydrogens (tertiary/aromatic N) is 2. The molecule has 0 aromatic heterocycles. The van der Waals surface area contributed by atoms with Crippen LogP contribution < -0.4 is 0 Å². The van der Waals surface area contributed by atoms with Gasteiger partial charge in [0.25, 0.3) is 0 Å². The van der Waals surface area contributed by atoms with Crippen molar-refractivity contribution in [2.24, 2.45) is 0 Å². The van der Waals surface area contributed by atoms with Crippen LogP contribution in [0.3, 0.4) is 0 Å². The fourth-order valence-electron chi connectivity index (χ4n) is 1.79. The molecule has 5 heteroatoms. The Morgan fingerprint density at radius 2 is 2.00 bits per heavy atom. The van der Waals surface area contributed by atoms with Crippen LogP contribution in [0.2, 0.25) is 0 Å². The Kier molecular flexibility index (Phi) is 4.51. The summed E-state index contributed by atoms with van der Waals surface area (Å²) in [6.45, 7) is 3.29. The van der Waals surface area contributed by atoms with Gasteiger partial charge in [0, 0.05) is 12.7 Å². The molecule has 102 valence electrons. The Labute approximate surface area is 108 Å². The number of hydrogen-bond acceptors (Lipinski definition) is 3. The highest BCUT2D eigenvalue weighted by Crippen LogP contribution is 2.21. The van der Waals surface area contributed by atoms with Crippen LogP contribution in [0.4, 0.5) is 0 Å². The van der Waals surface area contributed by atoms with E-state index in [4.69, 9.17) is 5.11 Å². The predicted molar refractivity (Wildman–Crippen MR) is 69.0 cm³/mol. The first kappa shape index (κ1) is 14.7. The summed E-state index contributed by atoms with van der Waals surface area (Å²) in [5, 5.41) is 9.10. The fraction of sp³-hybridized carbons (Fsp3) is 0.692. The lowest BCUT2D eigenvalue weighted by molar-refractivity contribution is -0.149. The summed E-state index contributed by atoms with van der Waals surface area (Å²) in [6, 6.07) is 0. The van der Waals surface area contributed by atoms with Crippen LogP contribution in [0.5, 0.6) is 0 Å². The number of carbonyl (C=O) groups excluding carboxylic acids is 1. The average Bonchev–Trinajstić information content (AvgIpc) is 2.80. The van der Waals surface area contributed by atoms with Crippen molar-refractivity contribution in [1.29, 1.82) is 0 Å². The Morgan fingerprint density at radius 1 is 1.39 bits per heavy atom. The summed E-state index contributed by atoms with van der Waals surface area (Å²) in [5.41, 5.74) is 0.00197. The van der Waals surface area contributed by atoms with Gasteiger partial charge in [0.15, 0.2) is 0 Å². The normalized spacial score (nSPS) is 15.7. The number of hydrogen-bond donors (Lipinski definition) is 1. The zero-order valence-electron chi connectivity index (χ0n) is 11.6. The van der Waals surface area contributed by atoms with Gasteiger partial charge in [-0.25, -0.2) is 0 Å². The summed E-state index contributed by atoms with van der Waals surface area (Å²) in [4.78, 5) is 26.4. The van der Waals surface area contributed by atoms with Gasteiger partial charge in [-0.3, -0.25) is 14.5 Å². The number of rotatable bonds is 5. The zero-order chi connectivity index (χ0) is 13.9. The predicted octanol–water partition coefficient (Wildman–Crippen LogP) is 1.31. The number of carboxylic acids is 1. The number of likely N-dealkylation sites (N-methyl/N-ethyl adjacent to an activating group) is 2. The van der Waals surface area contributed by atoms with Gasteiger partial charge < -0.3 is 10.0 Å². The minimum absolute atomic E-state index is 0.0695. The third kappa shape index (κ3) is 3.10. The van der Waals surface area contributed by atoms with Crippen LogP contribution in [0.25, 0.3) is 0 Å². The first-order chi connectivity index (χ1) is 8.26. The molecule has 0 saturated carbocycles. The standard InChI is InChI=1S/C13H22N2O3/c1-13(2,12(17)18)14(3)9-11(16)15(4)10-7-5-6-8-10/h7H,5-6,8-9H2,1-4H3,(H,17,18). The van der Waals surface area contributed by atoms with Crippen molar-refractivity contribution in [2.45, 2.75) is 38.6 Å². The van der Waals surface area contributed by atoms with Gasteiger partial charge in [-0.2, -0.15) is 0 Å². The first-order valence-corrected chi connectivity index (χ1v) is 6.17. The van der Waals surface area contributed by atoms with Crippen LogP contribution in [0, 0.1) is 0 Å². The molecule has 1 amide bonds. The molecular weight excluding hydrogens is 232 g/mol. The number of allylic oxidation sites excluding steroid dienone is 2. The SMILES string of the molecule is CN(C(=O)CN(C)C(C)(C)C(=O)O)C1=CCCC1. The zero-order valence-corrected chi connectivity index (χ0v) is 11.6. The maximum atomic E-state index is 12.1. The van der Waals surface area contributed by atoms with Crippen LogP contribution in [0.15, 0.2) is 11.8 Å². The molecule has 1 aliphatic rings. The Bertz CT molecular complexity index is 374. The van der Waals surface area contributed by atoms with E-state index in [9.17, 15) is 9.59 Å². The van der Waals surface area contributed by atoms with E-state index in [1.54, 1.807) is 37.7 Å². The lowest BCUT2D eigenvalue weighted by atomic mass is 10.0. The van der Waals surface area contributed by atoms with Gasteiger partial charge in [-0.15, -0.1) is 0 Å². The molecule has 0 unspecified atom stereocenters. The third-order valence-electron chi connectivity index (χ3n) is 3.67. The maximum absolute atomic E-state index is 12.1. The number of amides is 1. The van der Waals surface area contributed by atoms with Crippen LogP contribution >= 0.6 is 0 Å². The molecule has 18 heavy (non-hydrogen) atoms. The first-order valence-electron chi connectivity index (χ1n) is 6.17. The molecule has 0 aromatic carbocycles. The second-order valence-corrected chi connectivity index (χ2v) is 5.26. The van der Waals surface area contributed by atoms with Crippen molar-refractivity contribution < 1.29 is 14.7 Å². The lowest BCUT2D eigenvalue weighted by Gasteiger charge is -2.32. The van der Waals surface area contributed by atoms with Crippen molar-refractivity contribution >= 4 is 11.9 Å². The van der Waals surface area contributed by atoms with Crippen molar-refractivity contribution in [1.82, 2.24) is 9.80 Å². The molecule has 0 fully saturated rings. The van der Waals surface area contributed by atoms with E-state index >= 15 is 0 Å². The van der Waals surface area contributed by atoms with Crippen molar-refractivity contribution in [2.75, 3.05) is 20.6 Å². The summed E-state index contributed by atoms with van der Waals surface area (Å²) >= 11 is 0. The lowest BCUT2D eigenvalue weighted by Crippen LogP contribution is -2.51. The quantitative estimate of drug-likeness (QED) is 0.803. The molecule has 0 aromatic rings. The van der Waals surface area contributed by atoms with Crippen LogP contribution in [-0.4, -0.2) is 53.0 Å². The molecule has 0 spiro atoms. The molecule has 0 radical (unpaired) electrons. The Hall–Kier alpha value is -1.36. The largest absolute Gasteiger partial charge is 0.480 e. The van der Waals surface area contributed by atoms with Crippen LogP contribution in [0.1, 0.15) is 33.1 Å². The van der Waals surface area contributed by atoms with Crippen molar-refractivity contribution in [3.63, 3.8) is 0 Å². The van der Waals surface area contributed by atoms with Gasteiger partial charge >= 0.3 is 5.97 Å². The molecule has 0 bridgehead atoms. The minimum atomic E-state index is -1.04. The van der Waals surface area contributed by atoms with E-state index in [2.05, 4.69) is 6.08 Å². The molecule has 0 heterocycles. The second kappa shape index (κ2) is 5.52. The van der Waals surface area contributed by atoms with Gasteiger partial charge in [-0.05, 0) is 40.2 Å². The number of aliphatic carboxylic acids is 1. The molecule has 0 aliphatic heterocycles. The topological polar surface area (TPSA) is 60.9 Å². The molecule has 0 saturated heterocycles. The molecule has 5 nitrogen and oxygen atoms in total. The van der Waals surface area contributed by atoms with Crippen molar-refractivity contribution in [3.05, 3.63) is 11.8 Å². The summed E-state index contributed by atoms with van der Waals surface area (Å²) in [5.74, 6) is -1.000. The monoisotopic (exact) mass is 254 g/mol. The smallest absolute Gasteiger partial charge is 0.323 e. The van der Waals surface area contributed by atoms with Gasteiger partial charge in [0.1, 0.15) is 5.54 Å². The summed E-state index contributed by atoms with van der Waals surface area (Å²) in [6.07, 6.45) is 5.10. The number of carboxylic acid groups (broad SMARTS) is 1. The third-order valence-corrected chi connectivity index (χ3v) is 3.67. The fourth-order valence-corrected chi connectivity index (χ4v) is 1.79. The molecule has 0 atom stereocenters. The van der Waals surface area contributed by atoms with E-state index in [0.29, 0.717) is 0 Å². The summed E-state index contributed by atoms with van der Waals surface area (Å²) in [7, 11) is 3.41. The minimum Gasteiger partial charge on any atom is -0.480 e. The molecule has 1 N–H and O–H groups in total. The van der Waals surface area contributed by atoms with E-state index < -0.39 is 11.5 Å². The molecule has 1 rings (SSSR count). The highest BCUT2D eigenvalue weighted by Gasteiger charge is 2.33. The van der Waals surface area contributed by atoms with E-state index in [-0.39, 0.29) is 12.5 Å². The Morgan fingerprint density at radius 3 is 2.44 bits per heavy atom. The van der Waals surface area contributed by atoms with E-state index in [1.807, 2.05) is 0 Å². The highest BCUT2D eigenvalue weighted by atomic mass is 16.4. The highest BCUT2D eigenvalue weighted by molar-refractivity contribution is 5.82. The average molecular weight is 254 g/mol. The summed E-state index contributed by atoms with van der Waals surface area (Å²) < 4.78 is 0. The number of carbonyl (C=O) groups is 2. The van der Waals surface area contributed by atoms with E-state index in [1.165, 1.54) is 0 Å². The van der Waals surface area contributed by atoms with Gasteiger partial charge in [0.2, 0.25) is 5.91 Å². The van der Waals surface area contributed by atoms with Crippen molar-refractivity contribution in [3.8, 4) is 0 Å². The van der Waals surface area contributed by atoms with Gasteiger partial charge in [0.05, 0.1) is 6.54 Å². The second-order valence-electron chi connectivity index (χ2n) is 5.26. The molecule has 1 aliphatic carbocycles. The van der Waals surface area contributed by atoms with Crippen LogP contribution in [-0.2, 0) is 9.59 Å². The van der Waals surface area contributed by atoms with E-state index in [0.717, 1.165) is 25.0 Å². The molecular formula is C13H22N2O3. The Balaban J connectivity index is 2.62. The van der Waals surface area contributed by atoms with Gasteiger partial charge in [-0.1, -0.05) is 6.08 Å². The maximum Gasteiger partial charge on any atom is 0.323 e.